The van der Waals surface area contributed by atoms with Gasteiger partial charge in [-0.25, -0.2) is 4.39 Å². The van der Waals surface area contributed by atoms with Crippen LogP contribution >= 0.6 is 23.2 Å². The molecule has 0 heterocycles. The second kappa shape index (κ2) is 5.59. The molecule has 0 saturated heterocycles. The fourth-order valence-corrected chi connectivity index (χ4v) is 2.05. The lowest BCUT2D eigenvalue weighted by atomic mass is 10.1. The molecule has 2 aromatic rings. The third-order valence-electron chi connectivity index (χ3n) is 2.55. The van der Waals surface area contributed by atoms with Crippen molar-refractivity contribution in [1.82, 2.24) is 0 Å². The van der Waals surface area contributed by atoms with E-state index in [1.54, 1.807) is 25.1 Å². The molecule has 0 bridgehead atoms. The molecule has 0 fully saturated rings. The third kappa shape index (κ3) is 3.25. The van der Waals surface area contributed by atoms with Crippen LogP contribution in [0.5, 0.6) is 0 Å². The van der Waals surface area contributed by atoms with Crippen molar-refractivity contribution in [3.8, 4) is 0 Å². The van der Waals surface area contributed by atoms with Gasteiger partial charge in [0.2, 0.25) is 0 Å². The normalized spacial score (nSPS) is 10.3. The summed E-state index contributed by atoms with van der Waals surface area (Å²) in [7, 11) is 0. The Balaban J connectivity index is 2.28. The first-order valence-electron chi connectivity index (χ1n) is 5.50. The molecule has 2 rings (SSSR count). The number of carbonyl (C=O) groups excluding carboxylic acids is 1. The molecule has 2 aromatic carbocycles. The molecule has 0 atom stereocenters. The standard InChI is InChI=1S/C14H10Cl2FNO/c1-8-2-4-12(17)10(6-8)14(19)18-13-5-3-9(15)7-11(13)16/h2-7H,1H3,(H,18,19). The van der Waals surface area contributed by atoms with Crippen LogP contribution in [0.1, 0.15) is 15.9 Å². The molecule has 0 unspecified atom stereocenters. The summed E-state index contributed by atoms with van der Waals surface area (Å²) in [6, 6.07) is 9.00. The molecular formula is C14H10Cl2FNO. The highest BCUT2D eigenvalue weighted by atomic mass is 35.5. The van der Waals surface area contributed by atoms with Crippen LogP contribution in [-0.2, 0) is 0 Å². The van der Waals surface area contributed by atoms with Gasteiger partial charge in [0, 0.05) is 5.02 Å². The molecule has 0 aliphatic carbocycles. The number of carbonyl (C=O) groups is 1. The summed E-state index contributed by atoms with van der Waals surface area (Å²) in [4.78, 5) is 12.0. The first-order valence-corrected chi connectivity index (χ1v) is 6.25. The molecule has 0 saturated carbocycles. The molecule has 0 aliphatic heterocycles. The van der Waals surface area contributed by atoms with Gasteiger partial charge in [-0.15, -0.1) is 0 Å². The van der Waals surface area contributed by atoms with E-state index >= 15 is 0 Å². The smallest absolute Gasteiger partial charge is 0.258 e. The van der Waals surface area contributed by atoms with Crippen molar-refractivity contribution in [2.75, 3.05) is 5.32 Å². The summed E-state index contributed by atoms with van der Waals surface area (Å²) in [5.74, 6) is -1.13. The van der Waals surface area contributed by atoms with Gasteiger partial charge in [-0.05, 0) is 37.3 Å². The Hall–Kier alpha value is -1.58. The van der Waals surface area contributed by atoms with Crippen molar-refractivity contribution in [2.45, 2.75) is 6.92 Å². The van der Waals surface area contributed by atoms with Gasteiger partial charge in [0.25, 0.3) is 5.91 Å². The Morgan fingerprint density at radius 2 is 1.89 bits per heavy atom. The van der Waals surface area contributed by atoms with Gasteiger partial charge in [0.1, 0.15) is 5.82 Å². The zero-order valence-corrected chi connectivity index (χ0v) is 11.5. The highest BCUT2D eigenvalue weighted by Gasteiger charge is 2.13. The van der Waals surface area contributed by atoms with Crippen molar-refractivity contribution < 1.29 is 9.18 Å². The average molecular weight is 298 g/mol. The maximum absolute atomic E-state index is 13.6. The molecule has 0 aromatic heterocycles. The SMILES string of the molecule is Cc1ccc(F)c(C(=O)Nc2ccc(Cl)cc2Cl)c1. The Labute approximate surface area is 120 Å². The van der Waals surface area contributed by atoms with Crippen LogP contribution in [0.25, 0.3) is 0 Å². The molecule has 0 radical (unpaired) electrons. The van der Waals surface area contributed by atoms with E-state index in [1.165, 1.54) is 18.2 Å². The van der Waals surface area contributed by atoms with E-state index in [1.807, 2.05) is 0 Å². The van der Waals surface area contributed by atoms with Gasteiger partial charge in [0.15, 0.2) is 0 Å². The van der Waals surface area contributed by atoms with E-state index in [-0.39, 0.29) is 5.56 Å². The highest BCUT2D eigenvalue weighted by molar-refractivity contribution is 6.36. The summed E-state index contributed by atoms with van der Waals surface area (Å²) >= 11 is 11.7. The Morgan fingerprint density at radius 3 is 2.58 bits per heavy atom. The average Bonchev–Trinajstić information content (AvgIpc) is 2.35. The number of nitrogens with one attached hydrogen (secondary N) is 1. The van der Waals surface area contributed by atoms with E-state index in [2.05, 4.69) is 5.32 Å². The van der Waals surface area contributed by atoms with Crippen molar-refractivity contribution in [1.29, 1.82) is 0 Å². The number of anilines is 1. The lowest BCUT2D eigenvalue weighted by molar-refractivity contribution is 0.102. The zero-order chi connectivity index (χ0) is 14.0. The highest BCUT2D eigenvalue weighted by Crippen LogP contribution is 2.26. The predicted molar refractivity (Wildman–Crippen MR) is 75.6 cm³/mol. The molecule has 98 valence electrons. The zero-order valence-electron chi connectivity index (χ0n) is 10.0. The Bertz CT molecular complexity index is 643. The molecule has 0 aliphatic rings. The summed E-state index contributed by atoms with van der Waals surface area (Å²) in [5, 5.41) is 3.31. The second-order valence-corrected chi connectivity index (χ2v) is 4.91. The number of hydrogen-bond donors (Lipinski definition) is 1. The summed E-state index contributed by atoms with van der Waals surface area (Å²) in [5.41, 5.74) is 1.16. The Morgan fingerprint density at radius 1 is 1.16 bits per heavy atom. The van der Waals surface area contributed by atoms with Crippen LogP contribution in [0.2, 0.25) is 10.0 Å². The van der Waals surface area contributed by atoms with Gasteiger partial charge < -0.3 is 5.32 Å². The van der Waals surface area contributed by atoms with E-state index in [4.69, 9.17) is 23.2 Å². The topological polar surface area (TPSA) is 29.1 Å². The quantitative estimate of drug-likeness (QED) is 0.856. The number of aryl methyl sites for hydroxylation is 1. The lowest BCUT2D eigenvalue weighted by Gasteiger charge is -2.08. The first kappa shape index (κ1) is 13.8. The fourth-order valence-electron chi connectivity index (χ4n) is 1.59. The van der Waals surface area contributed by atoms with E-state index in [0.717, 1.165) is 5.56 Å². The molecule has 5 heteroatoms. The maximum Gasteiger partial charge on any atom is 0.258 e. The second-order valence-electron chi connectivity index (χ2n) is 4.06. The number of benzene rings is 2. The van der Waals surface area contributed by atoms with Crippen LogP contribution < -0.4 is 5.32 Å². The van der Waals surface area contributed by atoms with Gasteiger partial charge in [0.05, 0.1) is 16.3 Å². The minimum atomic E-state index is -0.576. The van der Waals surface area contributed by atoms with Crippen LogP contribution in [0.4, 0.5) is 10.1 Å². The largest absolute Gasteiger partial charge is 0.321 e. The molecule has 2 nitrogen and oxygen atoms in total. The van der Waals surface area contributed by atoms with Crippen molar-refractivity contribution in [3.05, 3.63) is 63.4 Å². The number of hydrogen-bond acceptors (Lipinski definition) is 1. The molecule has 1 amide bonds. The third-order valence-corrected chi connectivity index (χ3v) is 3.09. The first-order chi connectivity index (χ1) is 8.97. The summed E-state index contributed by atoms with van der Waals surface area (Å²) in [6.07, 6.45) is 0. The maximum atomic E-state index is 13.6. The van der Waals surface area contributed by atoms with Crippen LogP contribution in [0.15, 0.2) is 36.4 Å². The summed E-state index contributed by atoms with van der Waals surface area (Å²) in [6.45, 7) is 1.78. The van der Waals surface area contributed by atoms with Gasteiger partial charge in [-0.2, -0.15) is 0 Å². The fraction of sp³-hybridized carbons (Fsp3) is 0.0714. The molecule has 1 N–H and O–H groups in total. The van der Waals surface area contributed by atoms with Crippen LogP contribution in [-0.4, -0.2) is 5.91 Å². The van der Waals surface area contributed by atoms with Crippen molar-refractivity contribution in [2.24, 2.45) is 0 Å². The minimum Gasteiger partial charge on any atom is -0.321 e. The number of halogens is 3. The van der Waals surface area contributed by atoms with E-state index < -0.39 is 11.7 Å². The van der Waals surface area contributed by atoms with E-state index in [9.17, 15) is 9.18 Å². The van der Waals surface area contributed by atoms with Gasteiger partial charge >= 0.3 is 0 Å². The minimum absolute atomic E-state index is 0.0222. The molecule has 0 spiro atoms. The lowest BCUT2D eigenvalue weighted by Crippen LogP contribution is -2.14. The Kier molecular flexibility index (Phi) is 4.08. The van der Waals surface area contributed by atoms with Crippen LogP contribution in [0, 0.1) is 12.7 Å². The number of amides is 1. The monoisotopic (exact) mass is 297 g/mol. The van der Waals surface area contributed by atoms with Gasteiger partial charge in [-0.1, -0.05) is 34.8 Å². The van der Waals surface area contributed by atoms with Crippen LogP contribution in [0.3, 0.4) is 0 Å². The van der Waals surface area contributed by atoms with Crippen molar-refractivity contribution in [3.63, 3.8) is 0 Å². The molecular weight excluding hydrogens is 288 g/mol. The number of rotatable bonds is 2. The predicted octanol–water partition coefficient (Wildman–Crippen LogP) is 4.69. The van der Waals surface area contributed by atoms with Crippen molar-refractivity contribution >= 4 is 34.8 Å². The molecule has 19 heavy (non-hydrogen) atoms. The van der Waals surface area contributed by atoms with Gasteiger partial charge in [-0.3, -0.25) is 4.79 Å². The summed E-state index contributed by atoms with van der Waals surface area (Å²) < 4.78 is 13.6. The van der Waals surface area contributed by atoms with E-state index in [0.29, 0.717) is 15.7 Å².